The molecule has 0 spiro atoms. The number of hydrogen-bond donors (Lipinski definition) is 0. The lowest BCUT2D eigenvalue weighted by Gasteiger charge is -2.23. The fourth-order valence-electron chi connectivity index (χ4n) is 2.98. The Bertz CT molecular complexity index is 545. The van der Waals surface area contributed by atoms with Gasteiger partial charge >= 0.3 is 0 Å². The second-order valence-corrected chi connectivity index (χ2v) is 7.99. The Labute approximate surface area is 132 Å². The van der Waals surface area contributed by atoms with E-state index in [0.29, 0.717) is 17.8 Å². The van der Waals surface area contributed by atoms with E-state index in [1.165, 1.54) is 11.1 Å². The van der Waals surface area contributed by atoms with Gasteiger partial charge in [-0.1, -0.05) is 59.7 Å². The van der Waals surface area contributed by atoms with E-state index in [1.54, 1.807) is 16.7 Å². The van der Waals surface area contributed by atoms with Crippen molar-refractivity contribution in [2.45, 2.75) is 65.7 Å². The normalized spacial score (nSPS) is 12.2. The Morgan fingerprint density at radius 3 is 1.81 bits per heavy atom. The molecule has 1 aromatic carbocycles. The summed E-state index contributed by atoms with van der Waals surface area (Å²) < 4.78 is 0. The van der Waals surface area contributed by atoms with Gasteiger partial charge in [-0.05, 0) is 63.6 Å². The number of rotatable bonds is 5. The molecule has 2 rings (SSSR count). The number of benzene rings is 1. The van der Waals surface area contributed by atoms with E-state index >= 15 is 0 Å². The Morgan fingerprint density at radius 1 is 0.857 bits per heavy atom. The molecular weight excluding hydrogens is 271 g/mol. The molecule has 114 valence electrons. The van der Waals surface area contributed by atoms with Gasteiger partial charge in [-0.2, -0.15) is 0 Å². The van der Waals surface area contributed by atoms with Crippen LogP contribution in [0.4, 0.5) is 0 Å². The fourth-order valence-corrected chi connectivity index (χ4v) is 3.80. The summed E-state index contributed by atoms with van der Waals surface area (Å²) in [6, 6.07) is 7.22. The maximum absolute atomic E-state index is 2.46. The predicted molar refractivity (Wildman–Crippen MR) is 97.5 cm³/mol. The van der Waals surface area contributed by atoms with Gasteiger partial charge in [0.05, 0.1) is 0 Å². The van der Waals surface area contributed by atoms with Crippen LogP contribution in [0, 0.1) is 0 Å². The van der Waals surface area contributed by atoms with E-state index in [-0.39, 0.29) is 0 Å². The summed E-state index contributed by atoms with van der Waals surface area (Å²) in [4.78, 5) is 0. The molecule has 0 aliphatic rings. The molecule has 1 atom stereocenters. The van der Waals surface area contributed by atoms with E-state index in [2.05, 4.69) is 71.3 Å². The van der Waals surface area contributed by atoms with Gasteiger partial charge in [0.1, 0.15) is 0 Å². The van der Waals surface area contributed by atoms with Gasteiger partial charge in [-0.25, -0.2) is 0 Å². The summed E-state index contributed by atoms with van der Waals surface area (Å²) in [5, 5.41) is 0. The van der Waals surface area contributed by atoms with Crippen LogP contribution in [-0.4, -0.2) is 0 Å². The van der Waals surface area contributed by atoms with Gasteiger partial charge in [-0.15, -0.1) is 8.19 Å². The van der Waals surface area contributed by atoms with Crippen LogP contribution in [0.15, 0.2) is 29.8 Å². The van der Waals surface area contributed by atoms with Crippen molar-refractivity contribution >= 4 is 8.19 Å². The van der Waals surface area contributed by atoms with Gasteiger partial charge in [0.15, 0.2) is 0 Å². The van der Waals surface area contributed by atoms with E-state index in [9.17, 15) is 0 Å². The highest BCUT2D eigenvalue weighted by Gasteiger charge is 2.17. The van der Waals surface area contributed by atoms with Crippen LogP contribution < -0.4 is 0 Å². The zero-order valence-corrected chi connectivity index (χ0v) is 15.3. The maximum Gasteiger partial charge on any atom is -0.00168 e. The van der Waals surface area contributed by atoms with Gasteiger partial charge in [0.25, 0.3) is 0 Å². The molecule has 2 aromatic rings. The quantitative estimate of drug-likeness (QED) is 0.578. The van der Waals surface area contributed by atoms with Crippen LogP contribution in [-0.2, 0) is 6.42 Å². The van der Waals surface area contributed by atoms with E-state index in [4.69, 9.17) is 0 Å². The molecule has 1 aromatic heterocycles. The molecular formula is C20H29P. The maximum atomic E-state index is 2.46. The van der Waals surface area contributed by atoms with Crippen LogP contribution in [0.5, 0.6) is 0 Å². The van der Waals surface area contributed by atoms with Gasteiger partial charge in [-0.3, -0.25) is 0 Å². The van der Waals surface area contributed by atoms with Crippen LogP contribution in [0.25, 0.3) is 0 Å². The van der Waals surface area contributed by atoms with E-state index in [0.717, 1.165) is 14.6 Å². The van der Waals surface area contributed by atoms with E-state index < -0.39 is 0 Å². The van der Waals surface area contributed by atoms with Gasteiger partial charge in [0.2, 0.25) is 0 Å². The first kappa shape index (κ1) is 16.4. The molecule has 0 aliphatic carbocycles. The number of hydrogen-bond acceptors (Lipinski definition) is 0. The zero-order valence-electron chi connectivity index (χ0n) is 14.3. The summed E-state index contributed by atoms with van der Waals surface area (Å²) >= 11 is 0. The topological polar surface area (TPSA) is 0 Å². The standard InChI is InChI=1S/C20H29P/c1-13(2)17-10-18(14(3)4)20(19(11-17)15(5)6)9-16-7-8-21-12-16/h7-8,10-15,21H,9H2,1-6H3. The third-order valence-corrected chi connectivity index (χ3v) is 5.19. The minimum atomic E-state index is 0.588. The van der Waals surface area contributed by atoms with E-state index in [1.807, 2.05) is 0 Å². The molecule has 0 saturated heterocycles. The lowest BCUT2D eigenvalue weighted by atomic mass is 9.82. The van der Waals surface area contributed by atoms with Crippen molar-refractivity contribution in [2.24, 2.45) is 0 Å². The first-order chi connectivity index (χ1) is 9.90. The van der Waals surface area contributed by atoms with Crippen molar-refractivity contribution in [3.05, 3.63) is 57.6 Å². The predicted octanol–water partition coefficient (Wildman–Crippen LogP) is 6.68. The molecule has 1 heteroatoms. The summed E-state index contributed by atoms with van der Waals surface area (Å²) in [7, 11) is 0.874. The first-order valence-electron chi connectivity index (χ1n) is 8.18. The van der Waals surface area contributed by atoms with Gasteiger partial charge < -0.3 is 0 Å². The third-order valence-electron chi connectivity index (χ3n) is 4.30. The largest absolute Gasteiger partial charge is 0.140 e. The molecule has 0 amide bonds. The molecule has 0 N–H and O–H groups in total. The minimum absolute atomic E-state index is 0.588. The summed E-state index contributed by atoms with van der Waals surface area (Å²) in [5.41, 5.74) is 7.66. The average Bonchev–Trinajstić information content (AvgIpc) is 2.90. The van der Waals surface area contributed by atoms with Crippen molar-refractivity contribution in [1.29, 1.82) is 0 Å². The molecule has 0 bridgehead atoms. The Kier molecular flexibility index (Phi) is 5.33. The Balaban J connectivity index is 2.58. The molecule has 0 nitrogen and oxygen atoms in total. The highest BCUT2D eigenvalue weighted by molar-refractivity contribution is 7.28. The lowest BCUT2D eigenvalue weighted by Crippen LogP contribution is -2.07. The summed E-state index contributed by atoms with van der Waals surface area (Å²) in [5.74, 6) is 6.46. The molecule has 1 unspecified atom stereocenters. The third kappa shape index (κ3) is 3.80. The fraction of sp³-hybridized carbons (Fsp3) is 0.500. The monoisotopic (exact) mass is 300 g/mol. The minimum Gasteiger partial charge on any atom is -0.140 e. The SMILES string of the molecule is CC(C)c1cc(C(C)C)c(Cc2cc[pH]c2)c(C(C)C)c1. The average molecular weight is 300 g/mol. The van der Waals surface area contributed by atoms with Crippen LogP contribution in [0.2, 0.25) is 0 Å². The van der Waals surface area contributed by atoms with Crippen LogP contribution in [0.3, 0.4) is 0 Å². The second-order valence-electron chi connectivity index (χ2n) is 7.04. The molecule has 0 aliphatic heterocycles. The Hall–Kier alpha value is -1.00. The molecule has 1 heterocycles. The van der Waals surface area contributed by atoms with Crippen molar-refractivity contribution < 1.29 is 0 Å². The zero-order chi connectivity index (χ0) is 15.6. The highest BCUT2D eigenvalue weighted by Crippen LogP contribution is 2.34. The van der Waals surface area contributed by atoms with Crippen LogP contribution in [0.1, 0.15) is 87.1 Å². The first-order valence-corrected chi connectivity index (χ1v) is 9.33. The second kappa shape index (κ2) is 6.84. The lowest BCUT2D eigenvalue weighted by molar-refractivity contribution is 0.783. The molecule has 21 heavy (non-hydrogen) atoms. The van der Waals surface area contributed by atoms with Gasteiger partial charge in [0, 0.05) is 0 Å². The molecule has 0 fully saturated rings. The van der Waals surface area contributed by atoms with Crippen molar-refractivity contribution in [1.82, 2.24) is 0 Å². The summed E-state index contributed by atoms with van der Waals surface area (Å²) in [6.45, 7) is 13.9. The molecule has 0 saturated carbocycles. The van der Waals surface area contributed by atoms with Crippen molar-refractivity contribution in [3.63, 3.8) is 0 Å². The van der Waals surface area contributed by atoms with Crippen molar-refractivity contribution in [3.8, 4) is 0 Å². The highest BCUT2D eigenvalue weighted by atomic mass is 31.0. The summed E-state index contributed by atoms with van der Waals surface area (Å²) in [6.07, 6.45) is 1.10. The smallest absolute Gasteiger partial charge is 0.00168 e. The molecule has 0 radical (unpaired) electrons. The Morgan fingerprint density at radius 2 is 1.43 bits per heavy atom. The van der Waals surface area contributed by atoms with Crippen LogP contribution >= 0.6 is 8.19 Å². The van der Waals surface area contributed by atoms with Crippen molar-refractivity contribution in [2.75, 3.05) is 0 Å².